The number of hydrogen-bond donors (Lipinski definition) is 1. The van der Waals surface area contributed by atoms with Gasteiger partial charge < -0.3 is 10.0 Å². The van der Waals surface area contributed by atoms with E-state index in [0.717, 1.165) is 17.7 Å². The van der Waals surface area contributed by atoms with E-state index in [1.165, 1.54) is 10.3 Å². The number of aromatic nitrogens is 1. The highest BCUT2D eigenvalue weighted by Crippen LogP contribution is 2.29. The first-order valence-electron chi connectivity index (χ1n) is 6.60. The van der Waals surface area contributed by atoms with Crippen LogP contribution in [0.15, 0.2) is 54.0 Å². The van der Waals surface area contributed by atoms with Crippen LogP contribution in [0.5, 0.6) is 0 Å². The van der Waals surface area contributed by atoms with Crippen molar-refractivity contribution < 1.29 is 5.11 Å². The summed E-state index contributed by atoms with van der Waals surface area (Å²) in [6.45, 7) is 1.45. The van der Waals surface area contributed by atoms with Crippen molar-refractivity contribution in [1.82, 2.24) is 4.98 Å². The normalized spacial score (nSPS) is 10.8. The van der Waals surface area contributed by atoms with E-state index in [-0.39, 0.29) is 6.61 Å². The van der Waals surface area contributed by atoms with Crippen LogP contribution in [-0.4, -0.2) is 23.2 Å². The summed E-state index contributed by atoms with van der Waals surface area (Å²) >= 11 is 1.71. The van der Waals surface area contributed by atoms with Gasteiger partial charge in [-0.05, 0) is 23.1 Å². The minimum atomic E-state index is 0.120. The maximum atomic E-state index is 9.33. The molecule has 0 bridgehead atoms. The van der Waals surface area contributed by atoms with Crippen LogP contribution in [0.2, 0.25) is 0 Å². The third-order valence-electron chi connectivity index (χ3n) is 3.24. The molecule has 0 aliphatic carbocycles. The molecule has 2 aromatic heterocycles. The third kappa shape index (κ3) is 2.66. The van der Waals surface area contributed by atoms with Gasteiger partial charge in [0.15, 0.2) is 0 Å². The molecule has 0 unspecified atom stereocenters. The Morgan fingerprint density at radius 1 is 1.10 bits per heavy atom. The summed E-state index contributed by atoms with van der Waals surface area (Å²) in [5.41, 5.74) is 1.22. The fourth-order valence-corrected chi connectivity index (χ4v) is 3.09. The second kappa shape index (κ2) is 6.03. The molecule has 3 rings (SSSR count). The summed E-state index contributed by atoms with van der Waals surface area (Å²) in [5, 5.41) is 12.6. The van der Waals surface area contributed by atoms with Crippen LogP contribution in [0.4, 0.5) is 5.82 Å². The van der Waals surface area contributed by atoms with E-state index in [1.54, 1.807) is 11.3 Å². The molecule has 0 saturated heterocycles. The summed E-state index contributed by atoms with van der Waals surface area (Å²) in [6, 6.07) is 14.4. The molecule has 102 valence electrons. The predicted octanol–water partition coefficient (Wildman–Crippen LogP) is 3.30. The molecule has 3 aromatic rings. The van der Waals surface area contributed by atoms with Gasteiger partial charge in [-0.25, -0.2) is 4.98 Å². The van der Waals surface area contributed by atoms with E-state index < -0.39 is 0 Å². The predicted molar refractivity (Wildman–Crippen MR) is 84.2 cm³/mol. The minimum absolute atomic E-state index is 0.120. The fraction of sp³-hybridized carbons (Fsp3) is 0.188. The first-order valence-corrected chi connectivity index (χ1v) is 7.48. The molecule has 0 radical (unpaired) electrons. The van der Waals surface area contributed by atoms with Crippen molar-refractivity contribution in [1.29, 1.82) is 0 Å². The Kier molecular flexibility index (Phi) is 3.95. The number of anilines is 1. The van der Waals surface area contributed by atoms with Crippen LogP contribution in [0.25, 0.3) is 10.1 Å². The zero-order valence-corrected chi connectivity index (χ0v) is 11.9. The Bertz CT molecular complexity index is 681. The van der Waals surface area contributed by atoms with E-state index in [2.05, 4.69) is 33.5 Å². The van der Waals surface area contributed by atoms with E-state index in [0.29, 0.717) is 6.54 Å². The Morgan fingerprint density at radius 2 is 1.95 bits per heavy atom. The maximum absolute atomic E-state index is 9.33. The van der Waals surface area contributed by atoms with Gasteiger partial charge in [-0.3, -0.25) is 0 Å². The molecule has 0 spiro atoms. The SMILES string of the molecule is OCCN(Cc1ccccc1)c1nccc2sccc12. The van der Waals surface area contributed by atoms with Gasteiger partial charge >= 0.3 is 0 Å². The van der Waals surface area contributed by atoms with Gasteiger partial charge in [0.1, 0.15) is 5.82 Å². The largest absolute Gasteiger partial charge is 0.395 e. The number of rotatable bonds is 5. The Labute approximate surface area is 122 Å². The van der Waals surface area contributed by atoms with Crippen molar-refractivity contribution >= 4 is 27.2 Å². The molecule has 0 aliphatic heterocycles. The lowest BCUT2D eigenvalue weighted by molar-refractivity contribution is 0.301. The lowest BCUT2D eigenvalue weighted by Crippen LogP contribution is -2.27. The van der Waals surface area contributed by atoms with Gasteiger partial charge in [0.2, 0.25) is 0 Å². The monoisotopic (exact) mass is 284 g/mol. The summed E-state index contributed by atoms with van der Waals surface area (Å²) in [5.74, 6) is 0.946. The first kappa shape index (κ1) is 13.1. The van der Waals surface area contributed by atoms with E-state index in [4.69, 9.17) is 0 Å². The molecule has 1 aromatic carbocycles. The summed E-state index contributed by atoms with van der Waals surface area (Å²) in [4.78, 5) is 6.65. The molecule has 1 N–H and O–H groups in total. The standard InChI is InChI=1S/C16H16N2OS/c19-10-9-18(12-13-4-2-1-3-5-13)16-14-7-11-20-15(14)6-8-17-16/h1-8,11,19H,9-10,12H2. The van der Waals surface area contributed by atoms with Crippen LogP contribution in [0, 0.1) is 0 Å². The number of thiophene rings is 1. The molecule has 2 heterocycles. The quantitative estimate of drug-likeness (QED) is 0.781. The number of hydrogen-bond acceptors (Lipinski definition) is 4. The number of aliphatic hydroxyl groups is 1. The Morgan fingerprint density at radius 3 is 2.75 bits per heavy atom. The van der Waals surface area contributed by atoms with Crippen LogP contribution in [-0.2, 0) is 6.54 Å². The van der Waals surface area contributed by atoms with Crippen molar-refractivity contribution in [3.63, 3.8) is 0 Å². The van der Waals surface area contributed by atoms with Gasteiger partial charge in [-0.1, -0.05) is 30.3 Å². The zero-order valence-electron chi connectivity index (χ0n) is 11.1. The highest BCUT2D eigenvalue weighted by molar-refractivity contribution is 7.17. The number of fused-ring (bicyclic) bond motifs is 1. The van der Waals surface area contributed by atoms with Gasteiger partial charge in [0, 0.05) is 29.4 Å². The van der Waals surface area contributed by atoms with Crippen LogP contribution >= 0.6 is 11.3 Å². The number of aliphatic hydroxyl groups excluding tert-OH is 1. The molecular weight excluding hydrogens is 268 g/mol. The highest BCUT2D eigenvalue weighted by atomic mass is 32.1. The molecule has 3 nitrogen and oxygen atoms in total. The molecule has 4 heteroatoms. The summed E-state index contributed by atoms with van der Waals surface area (Å²) in [7, 11) is 0. The lowest BCUT2D eigenvalue weighted by Gasteiger charge is -2.23. The Balaban J connectivity index is 1.96. The minimum Gasteiger partial charge on any atom is -0.395 e. The average molecular weight is 284 g/mol. The molecular formula is C16H16N2OS. The van der Waals surface area contributed by atoms with Crippen LogP contribution in [0.3, 0.4) is 0 Å². The fourth-order valence-electron chi connectivity index (χ4n) is 2.32. The van der Waals surface area contributed by atoms with E-state index in [9.17, 15) is 5.11 Å². The molecule has 0 fully saturated rings. The number of pyridine rings is 1. The van der Waals surface area contributed by atoms with E-state index in [1.807, 2.05) is 30.5 Å². The topological polar surface area (TPSA) is 36.4 Å². The van der Waals surface area contributed by atoms with Crippen LogP contribution in [0.1, 0.15) is 5.56 Å². The first-order chi connectivity index (χ1) is 9.88. The van der Waals surface area contributed by atoms with Crippen molar-refractivity contribution in [3.8, 4) is 0 Å². The molecule has 0 atom stereocenters. The van der Waals surface area contributed by atoms with E-state index >= 15 is 0 Å². The second-order valence-corrected chi connectivity index (χ2v) is 5.55. The number of nitrogens with zero attached hydrogens (tertiary/aromatic N) is 2. The van der Waals surface area contributed by atoms with Gasteiger partial charge in [0.05, 0.1) is 6.61 Å². The highest BCUT2D eigenvalue weighted by Gasteiger charge is 2.12. The van der Waals surface area contributed by atoms with Gasteiger partial charge in [0.25, 0.3) is 0 Å². The third-order valence-corrected chi connectivity index (χ3v) is 4.13. The summed E-state index contributed by atoms with van der Waals surface area (Å²) in [6.07, 6.45) is 1.84. The van der Waals surface area contributed by atoms with Crippen molar-refractivity contribution in [3.05, 3.63) is 59.6 Å². The van der Waals surface area contributed by atoms with Gasteiger partial charge in [-0.2, -0.15) is 0 Å². The average Bonchev–Trinajstić information content (AvgIpc) is 2.96. The summed E-state index contributed by atoms with van der Waals surface area (Å²) < 4.78 is 1.23. The Hall–Kier alpha value is -1.91. The maximum Gasteiger partial charge on any atom is 0.137 e. The van der Waals surface area contributed by atoms with Gasteiger partial charge in [-0.15, -0.1) is 11.3 Å². The molecule has 20 heavy (non-hydrogen) atoms. The number of benzene rings is 1. The zero-order chi connectivity index (χ0) is 13.8. The van der Waals surface area contributed by atoms with Crippen molar-refractivity contribution in [2.75, 3.05) is 18.1 Å². The van der Waals surface area contributed by atoms with Crippen molar-refractivity contribution in [2.24, 2.45) is 0 Å². The molecule has 0 aliphatic rings. The molecule has 0 saturated carbocycles. The smallest absolute Gasteiger partial charge is 0.137 e. The second-order valence-electron chi connectivity index (χ2n) is 4.60. The van der Waals surface area contributed by atoms with Crippen LogP contribution < -0.4 is 4.90 Å². The van der Waals surface area contributed by atoms with Crippen molar-refractivity contribution in [2.45, 2.75) is 6.54 Å². The molecule has 0 amide bonds. The lowest BCUT2D eigenvalue weighted by atomic mass is 10.2.